The molecule has 7 heteroatoms. The average Bonchev–Trinajstić information content (AvgIpc) is 3.14. The highest BCUT2D eigenvalue weighted by Gasteiger charge is 2.43. The molecule has 0 radical (unpaired) electrons. The van der Waals surface area contributed by atoms with Gasteiger partial charge in [0.1, 0.15) is 0 Å². The first-order valence-electron chi connectivity index (χ1n) is 9.62. The maximum atomic E-state index is 13.0. The molecule has 0 aliphatic heterocycles. The standard InChI is InChI=1S/C20H25F3N2O2/c21-20(22,23)14-7-5-6-13(12-14)18(26)25-17-11-4-3-10-16(17)19(27)24-15-8-1-2-9-15/h3-4,10-11,13-15H,1-2,5-9,12H2,(H,24,27)(H,25,26)/t13-,14+/m0/s1. The van der Waals surface area contributed by atoms with E-state index in [9.17, 15) is 22.8 Å². The summed E-state index contributed by atoms with van der Waals surface area (Å²) in [6, 6.07) is 6.79. The maximum Gasteiger partial charge on any atom is 0.391 e. The van der Waals surface area contributed by atoms with Gasteiger partial charge in [0.2, 0.25) is 5.91 Å². The van der Waals surface area contributed by atoms with Crippen LogP contribution in [0.15, 0.2) is 24.3 Å². The number of nitrogens with one attached hydrogen (secondary N) is 2. The van der Waals surface area contributed by atoms with Gasteiger partial charge in [0, 0.05) is 12.0 Å². The summed E-state index contributed by atoms with van der Waals surface area (Å²) in [5.41, 5.74) is 0.702. The lowest BCUT2D eigenvalue weighted by Gasteiger charge is -2.29. The SMILES string of the molecule is O=C(NC1CCCC1)c1ccccc1NC(=O)[C@H]1CCC[C@@H](C(F)(F)F)C1. The lowest BCUT2D eigenvalue weighted by molar-refractivity contribution is -0.185. The Bertz CT molecular complexity index is 684. The van der Waals surface area contributed by atoms with E-state index in [0.717, 1.165) is 25.7 Å². The first-order chi connectivity index (χ1) is 12.8. The lowest BCUT2D eigenvalue weighted by Crippen LogP contribution is -2.35. The second-order valence-electron chi connectivity index (χ2n) is 7.59. The summed E-state index contributed by atoms with van der Waals surface area (Å²) in [6.45, 7) is 0. The number of para-hydroxylation sites is 1. The summed E-state index contributed by atoms with van der Waals surface area (Å²) in [7, 11) is 0. The highest BCUT2D eigenvalue weighted by molar-refractivity contribution is 6.04. The number of alkyl halides is 3. The van der Waals surface area contributed by atoms with Gasteiger partial charge in [0.25, 0.3) is 5.91 Å². The fraction of sp³-hybridized carbons (Fsp3) is 0.600. The molecule has 0 spiro atoms. The Morgan fingerprint density at radius 1 is 0.963 bits per heavy atom. The van der Waals surface area contributed by atoms with Crippen LogP contribution in [0.3, 0.4) is 0 Å². The minimum Gasteiger partial charge on any atom is -0.349 e. The summed E-state index contributed by atoms with van der Waals surface area (Å²) in [4.78, 5) is 25.1. The van der Waals surface area contributed by atoms with Crippen molar-refractivity contribution in [3.8, 4) is 0 Å². The summed E-state index contributed by atoms with van der Waals surface area (Å²) in [6.07, 6.45) is 0.511. The Labute approximate surface area is 156 Å². The van der Waals surface area contributed by atoms with Gasteiger partial charge in [-0.05, 0) is 44.2 Å². The van der Waals surface area contributed by atoms with Gasteiger partial charge in [-0.2, -0.15) is 13.2 Å². The van der Waals surface area contributed by atoms with Crippen LogP contribution in [0.1, 0.15) is 61.7 Å². The van der Waals surface area contributed by atoms with Crippen LogP contribution in [0, 0.1) is 11.8 Å². The van der Waals surface area contributed by atoms with Gasteiger partial charge in [0.05, 0.1) is 17.2 Å². The zero-order chi connectivity index (χ0) is 19.4. The highest BCUT2D eigenvalue weighted by Crippen LogP contribution is 2.40. The van der Waals surface area contributed by atoms with Crippen LogP contribution in [0.2, 0.25) is 0 Å². The highest BCUT2D eigenvalue weighted by atomic mass is 19.4. The first-order valence-corrected chi connectivity index (χ1v) is 9.62. The molecule has 1 aromatic carbocycles. The molecule has 2 saturated carbocycles. The number of halogens is 3. The van der Waals surface area contributed by atoms with Crippen molar-refractivity contribution in [3.63, 3.8) is 0 Å². The van der Waals surface area contributed by atoms with E-state index in [1.54, 1.807) is 24.3 Å². The van der Waals surface area contributed by atoms with Crippen LogP contribution >= 0.6 is 0 Å². The van der Waals surface area contributed by atoms with E-state index in [1.807, 2.05) is 0 Å². The molecule has 2 atom stereocenters. The molecule has 2 aliphatic rings. The summed E-state index contributed by atoms with van der Waals surface area (Å²) < 4.78 is 39.0. The average molecular weight is 382 g/mol. The lowest BCUT2D eigenvalue weighted by atomic mass is 9.80. The monoisotopic (exact) mass is 382 g/mol. The van der Waals surface area contributed by atoms with Crippen LogP contribution in [0.4, 0.5) is 18.9 Å². The van der Waals surface area contributed by atoms with Gasteiger partial charge in [-0.3, -0.25) is 9.59 Å². The molecule has 0 bridgehead atoms. The molecule has 2 aliphatic carbocycles. The van der Waals surface area contributed by atoms with E-state index in [-0.39, 0.29) is 24.8 Å². The van der Waals surface area contributed by atoms with Crippen molar-refractivity contribution in [3.05, 3.63) is 29.8 Å². The Balaban J connectivity index is 1.66. The van der Waals surface area contributed by atoms with Crippen molar-refractivity contribution in [1.29, 1.82) is 0 Å². The largest absolute Gasteiger partial charge is 0.391 e. The fourth-order valence-corrected chi connectivity index (χ4v) is 4.08. The number of rotatable bonds is 4. The molecule has 3 rings (SSSR count). The van der Waals surface area contributed by atoms with Gasteiger partial charge in [-0.25, -0.2) is 0 Å². The summed E-state index contributed by atoms with van der Waals surface area (Å²) >= 11 is 0. The summed E-state index contributed by atoms with van der Waals surface area (Å²) in [5, 5.41) is 5.67. The first kappa shape index (κ1) is 19.7. The molecular weight excluding hydrogens is 357 g/mol. The van der Waals surface area contributed by atoms with Crippen LogP contribution in [0.25, 0.3) is 0 Å². The Morgan fingerprint density at radius 2 is 1.67 bits per heavy atom. The van der Waals surface area contributed by atoms with E-state index in [0.29, 0.717) is 24.1 Å². The third-order valence-corrected chi connectivity index (χ3v) is 5.63. The fourth-order valence-electron chi connectivity index (χ4n) is 4.08. The number of anilines is 1. The van der Waals surface area contributed by atoms with E-state index in [4.69, 9.17) is 0 Å². The number of hydrogen-bond donors (Lipinski definition) is 2. The Morgan fingerprint density at radius 3 is 2.37 bits per heavy atom. The molecule has 0 unspecified atom stereocenters. The molecule has 1 aromatic rings. The molecule has 0 aromatic heterocycles. The molecule has 2 N–H and O–H groups in total. The number of carbonyl (C=O) groups excluding carboxylic acids is 2. The van der Waals surface area contributed by atoms with Crippen LogP contribution in [-0.4, -0.2) is 24.0 Å². The maximum absolute atomic E-state index is 13.0. The van der Waals surface area contributed by atoms with Crippen LogP contribution in [-0.2, 0) is 4.79 Å². The van der Waals surface area contributed by atoms with Gasteiger partial charge in [0.15, 0.2) is 0 Å². The number of amides is 2. The molecule has 0 saturated heterocycles. The zero-order valence-corrected chi connectivity index (χ0v) is 15.1. The number of benzene rings is 1. The van der Waals surface area contributed by atoms with E-state index < -0.39 is 23.9 Å². The molecule has 2 amide bonds. The predicted molar refractivity (Wildman–Crippen MR) is 96.3 cm³/mol. The van der Waals surface area contributed by atoms with Crippen LogP contribution in [0.5, 0.6) is 0 Å². The third kappa shape index (κ3) is 5.02. The molecule has 0 heterocycles. The van der Waals surface area contributed by atoms with E-state index >= 15 is 0 Å². The van der Waals surface area contributed by atoms with Crippen molar-refractivity contribution >= 4 is 17.5 Å². The van der Waals surface area contributed by atoms with Crippen molar-refractivity contribution in [2.24, 2.45) is 11.8 Å². The zero-order valence-electron chi connectivity index (χ0n) is 15.1. The van der Waals surface area contributed by atoms with Crippen LogP contribution < -0.4 is 10.6 Å². The second-order valence-corrected chi connectivity index (χ2v) is 7.59. The van der Waals surface area contributed by atoms with Crippen molar-refractivity contribution in [2.45, 2.75) is 63.6 Å². The van der Waals surface area contributed by atoms with Crippen molar-refractivity contribution in [2.75, 3.05) is 5.32 Å². The quantitative estimate of drug-likeness (QED) is 0.795. The summed E-state index contributed by atoms with van der Waals surface area (Å²) in [5.74, 6) is -2.81. The van der Waals surface area contributed by atoms with Gasteiger partial charge >= 0.3 is 6.18 Å². The third-order valence-electron chi connectivity index (χ3n) is 5.63. The minimum atomic E-state index is -4.27. The van der Waals surface area contributed by atoms with Gasteiger partial charge < -0.3 is 10.6 Å². The predicted octanol–water partition coefficient (Wildman–Crippen LogP) is 4.67. The van der Waals surface area contributed by atoms with Gasteiger partial charge in [-0.15, -0.1) is 0 Å². The molecule has 4 nitrogen and oxygen atoms in total. The molecule has 2 fully saturated rings. The Kier molecular flexibility index (Phi) is 6.07. The topological polar surface area (TPSA) is 58.2 Å². The Hall–Kier alpha value is -2.05. The smallest absolute Gasteiger partial charge is 0.349 e. The van der Waals surface area contributed by atoms with Gasteiger partial charge in [-0.1, -0.05) is 31.4 Å². The number of hydrogen-bond acceptors (Lipinski definition) is 2. The van der Waals surface area contributed by atoms with E-state index in [2.05, 4.69) is 10.6 Å². The molecule has 148 valence electrons. The van der Waals surface area contributed by atoms with Crippen molar-refractivity contribution in [1.82, 2.24) is 5.32 Å². The molecular formula is C20H25F3N2O2. The normalized spacial score (nSPS) is 23.8. The minimum absolute atomic E-state index is 0.0770. The number of carbonyl (C=O) groups is 2. The van der Waals surface area contributed by atoms with Crippen molar-refractivity contribution < 1.29 is 22.8 Å². The molecule has 27 heavy (non-hydrogen) atoms. The second kappa shape index (κ2) is 8.31. The van der Waals surface area contributed by atoms with E-state index in [1.165, 1.54) is 0 Å².